The third-order valence-electron chi connectivity index (χ3n) is 4.11. The molecule has 0 unspecified atom stereocenters. The van der Waals surface area contributed by atoms with Crippen LogP contribution in [0.5, 0.6) is 5.75 Å². The van der Waals surface area contributed by atoms with Crippen LogP contribution in [-0.4, -0.2) is 43.3 Å². The van der Waals surface area contributed by atoms with Gasteiger partial charge in [-0.25, -0.2) is 0 Å². The summed E-state index contributed by atoms with van der Waals surface area (Å²) in [6, 6.07) is 6.31. The van der Waals surface area contributed by atoms with Gasteiger partial charge in [0.2, 0.25) is 0 Å². The Balaban J connectivity index is 1.62. The zero-order chi connectivity index (χ0) is 15.2. The number of unbranched alkanes of at least 4 members (excludes halogenated alkanes) is 1. The van der Waals surface area contributed by atoms with Crippen LogP contribution in [0.25, 0.3) is 0 Å². The molecule has 1 saturated heterocycles. The second-order valence-electron chi connectivity index (χ2n) is 6.32. The molecule has 3 nitrogen and oxygen atoms in total. The SMILES string of the molecule is Cc1ccc(OCCCCN2C[C@@H](C)O[C@@H](C)C2)cc1C. The molecule has 0 saturated carbocycles. The number of benzene rings is 1. The predicted octanol–water partition coefficient (Wildman–Crippen LogP) is 3.57. The summed E-state index contributed by atoms with van der Waals surface area (Å²) >= 11 is 0. The highest BCUT2D eigenvalue weighted by Gasteiger charge is 2.21. The standard InChI is InChI=1S/C18H29NO2/c1-14-7-8-18(11-15(14)2)20-10-6-5-9-19-12-16(3)21-17(4)13-19/h7-8,11,16-17H,5-6,9-10,12-13H2,1-4H3/t16-,17+. The number of aryl methyl sites for hydroxylation is 2. The molecule has 0 radical (unpaired) electrons. The third kappa shape index (κ3) is 5.33. The van der Waals surface area contributed by atoms with E-state index in [0.29, 0.717) is 12.2 Å². The van der Waals surface area contributed by atoms with Gasteiger partial charge in [-0.05, 0) is 70.3 Å². The zero-order valence-corrected chi connectivity index (χ0v) is 13.9. The number of morpholine rings is 1. The van der Waals surface area contributed by atoms with E-state index in [9.17, 15) is 0 Å². The van der Waals surface area contributed by atoms with Crippen LogP contribution < -0.4 is 4.74 Å². The molecule has 1 heterocycles. The third-order valence-corrected chi connectivity index (χ3v) is 4.11. The fourth-order valence-electron chi connectivity index (χ4n) is 2.90. The highest BCUT2D eigenvalue weighted by Crippen LogP contribution is 2.17. The molecule has 2 rings (SSSR count). The van der Waals surface area contributed by atoms with Crippen molar-refractivity contribution in [1.29, 1.82) is 0 Å². The van der Waals surface area contributed by atoms with Crippen LogP contribution >= 0.6 is 0 Å². The minimum Gasteiger partial charge on any atom is -0.494 e. The Bertz CT molecular complexity index is 437. The lowest BCUT2D eigenvalue weighted by atomic mass is 10.1. The van der Waals surface area contributed by atoms with E-state index in [0.717, 1.165) is 38.4 Å². The Kier molecular flexibility index (Phi) is 6.07. The van der Waals surface area contributed by atoms with Gasteiger partial charge < -0.3 is 9.47 Å². The maximum absolute atomic E-state index is 5.83. The Morgan fingerprint density at radius 2 is 1.81 bits per heavy atom. The first-order valence-corrected chi connectivity index (χ1v) is 8.12. The summed E-state index contributed by atoms with van der Waals surface area (Å²) in [7, 11) is 0. The van der Waals surface area contributed by atoms with Gasteiger partial charge in [-0.1, -0.05) is 6.07 Å². The van der Waals surface area contributed by atoms with E-state index in [1.807, 2.05) is 0 Å². The Morgan fingerprint density at radius 1 is 1.10 bits per heavy atom. The molecule has 0 aromatic heterocycles. The van der Waals surface area contributed by atoms with Gasteiger partial charge in [0.05, 0.1) is 18.8 Å². The fourth-order valence-corrected chi connectivity index (χ4v) is 2.90. The molecule has 1 aliphatic rings. The van der Waals surface area contributed by atoms with Crippen LogP contribution in [0.1, 0.15) is 37.8 Å². The van der Waals surface area contributed by atoms with Gasteiger partial charge in [-0.2, -0.15) is 0 Å². The Hall–Kier alpha value is -1.06. The summed E-state index contributed by atoms with van der Waals surface area (Å²) in [5, 5.41) is 0. The van der Waals surface area contributed by atoms with Gasteiger partial charge >= 0.3 is 0 Å². The van der Waals surface area contributed by atoms with Crippen molar-refractivity contribution in [3.63, 3.8) is 0 Å². The molecule has 0 aliphatic carbocycles. The molecule has 1 fully saturated rings. The van der Waals surface area contributed by atoms with Gasteiger partial charge in [0.15, 0.2) is 0 Å². The van der Waals surface area contributed by atoms with Crippen LogP contribution in [0.3, 0.4) is 0 Å². The Morgan fingerprint density at radius 3 is 2.48 bits per heavy atom. The molecule has 0 N–H and O–H groups in total. The van der Waals surface area contributed by atoms with Crippen molar-refractivity contribution in [2.24, 2.45) is 0 Å². The van der Waals surface area contributed by atoms with E-state index in [1.165, 1.54) is 17.5 Å². The van der Waals surface area contributed by atoms with Gasteiger partial charge in [-0.15, -0.1) is 0 Å². The molecule has 3 heteroatoms. The van der Waals surface area contributed by atoms with Crippen molar-refractivity contribution in [1.82, 2.24) is 4.90 Å². The van der Waals surface area contributed by atoms with E-state index >= 15 is 0 Å². The predicted molar refractivity (Wildman–Crippen MR) is 87.1 cm³/mol. The van der Waals surface area contributed by atoms with Gasteiger partial charge in [-0.3, -0.25) is 4.90 Å². The topological polar surface area (TPSA) is 21.7 Å². The molecule has 0 bridgehead atoms. The second kappa shape index (κ2) is 7.81. The van der Waals surface area contributed by atoms with E-state index in [1.54, 1.807) is 0 Å². The van der Waals surface area contributed by atoms with E-state index < -0.39 is 0 Å². The average Bonchev–Trinajstić information content (AvgIpc) is 2.41. The number of nitrogens with zero attached hydrogens (tertiary/aromatic N) is 1. The highest BCUT2D eigenvalue weighted by atomic mass is 16.5. The lowest BCUT2D eigenvalue weighted by molar-refractivity contribution is -0.0682. The molecule has 1 aliphatic heterocycles. The summed E-state index contributed by atoms with van der Waals surface area (Å²) < 4.78 is 11.6. The van der Waals surface area contributed by atoms with E-state index in [2.05, 4.69) is 50.8 Å². The van der Waals surface area contributed by atoms with Crippen LogP contribution in [0, 0.1) is 13.8 Å². The number of rotatable bonds is 6. The summed E-state index contributed by atoms with van der Waals surface area (Å²) in [4.78, 5) is 2.51. The molecule has 1 aromatic rings. The van der Waals surface area contributed by atoms with Crippen LogP contribution in [0.2, 0.25) is 0 Å². The minimum absolute atomic E-state index is 0.362. The van der Waals surface area contributed by atoms with Crippen molar-refractivity contribution in [3.05, 3.63) is 29.3 Å². The molecule has 2 atom stereocenters. The van der Waals surface area contributed by atoms with E-state index in [4.69, 9.17) is 9.47 Å². The normalized spacial score (nSPS) is 23.2. The first-order chi connectivity index (χ1) is 10.0. The second-order valence-corrected chi connectivity index (χ2v) is 6.32. The van der Waals surface area contributed by atoms with Crippen molar-refractivity contribution >= 4 is 0 Å². The molecule has 118 valence electrons. The number of hydrogen-bond donors (Lipinski definition) is 0. The minimum atomic E-state index is 0.362. The van der Waals surface area contributed by atoms with E-state index in [-0.39, 0.29) is 0 Å². The number of hydrogen-bond acceptors (Lipinski definition) is 3. The lowest BCUT2D eigenvalue weighted by Crippen LogP contribution is -2.45. The van der Waals surface area contributed by atoms with Crippen molar-refractivity contribution < 1.29 is 9.47 Å². The van der Waals surface area contributed by atoms with Crippen molar-refractivity contribution in [3.8, 4) is 5.75 Å². The highest BCUT2D eigenvalue weighted by molar-refractivity contribution is 5.33. The van der Waals surface area contributed by atoms with Crippen LogP contribution in [-0.2, 0) is 4.74 Å². The lowest BCUT2D eigenvalue weighted by Gasteiger charge is -2.35. The van der Waals surface area contributed by atoms with Crippen molar-refractivity contribution in [2.45, 2.75) is 52.7 Å². The quantitative estimate of drug-likeness (QED) is 0.748. The first kappa shape index (κ1) is 16.3. The molecule has 0 spiro atoms. The monoisotopic (exact) mass is 291 g/mol. The Labute approximate surface area is 129 Å². The average molecular weight is 291 g/mol. The molecule has 1 aromatic carbocycles. The van der Waals surface area contributed by atoms with Gasteiger partial charge in [0.25, 0.3) is 0 Å². The molecular formula is C18H29NO2. The largest absolute Gasteiger partial charge is 0.494 e. The molecule has 0 amide bonds. The summed E-state index contributed by atoms with van der Waals surface area (Å²) in [6.45, 7) is 12.6. The maximum atomic E-state index is 5.83. The summed E-state index contributed by atoms with van der Waals surface area (Å²) in [5.41, 5.74) is 2.61. The maximum Gasteiger partial charge on any atom is 0.119 e. The first-order valence-electron chi connectivity index (χ1n) is 8.12. The smallest absolute Gasteiger partial charge is 0.119 e. The zero-order valence-electron chi connectivity index (χ0n) is 13.9. The van der Waals surface area contributed by atoms with Crippen LogP contribution in [0.4, 0.5) is 0 Å². The number of ether oxygens (including phenoxy) is 2. The van der Waals surface area contributed by atoms with Crippen molar-refractivity contribution in [2.75, 3.05) is 26.2 Å². The molecular weight excluding hydrogens is 262 g/mol. The summed E-state index contributed by atoms with van der Waals surface area (Å²) in [5.74, 6) is 0.992. The van der Waals surface area contributed by atoms with Gasteiger partial charge in [0.1, 0.15) is 5.75 Å². The molecule has 21 heavy (non-hydrogen) atoms. The van der Waals surface area contributed by atoms with Crippen LogP contribution in [0.15, 0.2) is 18.2 Å². The summed E-state index contributed by atoms with van der Waals surface area (Å²) in [6.07, 6.45) is 3.01. The van der Waals surface area contributed by atoms with Gasteiger partial charge in [0, 0.05) is 13.1 Å². The fraction of sp³-hybridized carbons (Fsp3) is 0.667.